The molecular weight excluding hydrogens is 202 g/mol. The van der Waals surface area contributed by atoms with Gasteiger partial charge in [0.25, 0.3) is 0 Å². The zero-order valence-electron chi connectivity index (χ0n) is 7.77. The number of anilines is 2. The highest BCUT2D eigenvalue weighted by Crippen LogP contribution is 2.06. The number of aromatic nitrogens is 1. The third kappa shape index (κ3) is 6.82. The largest absolute Gasteiger partial charge is 0.550 e. The molecule has 6 N–H and O–H groups in total. The fourth-order valence-electron chi connectivity index (χ4n) is 0.579. The first-order valence-corrected chi connectivity index (χ1v) is 3.86. The number of hydrogen-bond acceptors (Lipinski definition) is 5. The van der Waals surface area contributed by atoms with Gasteiger partial charge < -0.3 is 26.5 Å². The normalized spacial score (nSPS) is 8.53. The molecule has 1 heterocycles. The van der Waals surface area contributed by atoms with Crippen molar-refractivity contribution in [2.75, 3.05) is 11.5 Å². The summed E-state index contributed by atoms with van der Waals surface area (Å²) in [6, 6.07) is 1.72. The number of aromatic amines is 1. The maximum absolute atomic E-state index is 9.39. The maximum Gasteiger partial charge on any atom is 0.309 e. The summed E-state index contributed by atoms with van der Waals surface area (Å²) in [5, 5.41) is 17.0. The van der Waals surface area contributed by atoms with E-state index < -0.39 is 18.4 Å². The Morgan fingerprint density at radius 3 is 2.20 bits per heavy atom. The van der Waals surface area contributed by atoms with E-state index in [1.807, 2.05) is 0 Å². The molecule has 1 rings (SSSR count). The lowest BCUT2D eigenvalue weighted by Crippen LogP contribution is -2.24. The van der Waals surface area contributed by atoms with E-state index in [0.717, 1.165) is 0 Å². The van der Waals surface area contributed by atoms with Gasteiger partial charge in [0, 0.05) is 6.07 Å². The van der Waals surface area contributed by atoms with Gasteiger partial charge in [0.15, 0.2) is 12.4 Å². The van der Waals surface area contributed by atoms with Gasteiger partial charge in [-0.25, -0.2) is 4.98 Å². The fraction of sp³-hybridized carbons (Fsp3) is 0.125. The monoisotopic (exact) mass is 213 g/mol. The van der Waals surface area contributed by atoms with E-state index in [1.165, 1.54) is 0 Å². The first kappa shape index (κ1) is 12.7. The standard InChI is InChI=1S/C5H7N3.C3H4O4/c6-4-1-2-8-3-5(4)7;4-2(5)1-3(6)7/h1-3H,7H2,(H2,6,8);1H2,(H,4,5)(H,6,7). The number of nitrogens with one attached hydrogen (secondary N) is 1. The van der Waals surface area contributed by atoms with Crippen molar-refractivity contribution in [1.29, 1.82) is 0 Å². The number of nitrogen functional groups attached to an aromatic ring is 2. The molecule has 0 aliphatic heterocycles. The molecule has 0 fully saturated rings. The molecule has 7 nitrogen and oxygen atoms in total. The zero-order valence-corrected chi connectivity index (χ0v) is 7.77. The highest BCUT2D eigenvalue weighted by molar-refractivity contribution is 5.87. The van der Waals surface area contributed by atoms with Crippen LogP contribution in [0.3, 0.4) is 0 Å². The number of carbonyl (C=O) groups excluding carboxylic acids is 1. The third-order valence-electron chi connectivity index (χ3n) is 1.23. The molecule has 0 saturated heterocycles. The highest BCUT2D eigenvalue weighted by atomic mass is 16.4. The van der Waals surface area contributed by atoms with Gasteiger partial charge in [0.1, 0.15) is 5.69 Å². The quantitative estimate of drug-likeness (QED) is 0.479. The lowest BCUT2D eigenvalue weighted by Gasteiger charge is -1.91. The smallest absolute Gasteiger partial charge is 0.309 e. The number of rotatable bonds is 2. The van der Waals surface area contributed by atoms with E-state index in [4.69, 9.17) is 16.6 Å². The minimum atomic E-state index is -1.56. The average molecular weight is 213 g/mol. The Balaban J connectivity index is 0.000000265. The fourth-order valence-corrected chi connectivity index (χ4v) is 0.579. The molecule has 0 aliphatic carbocycles. The first-order chi connectivity index (χ1) is 6.93. The van der Waals surface area contributed by atoms with Gasteiger partial charge in [0.05, 0.1) is 18.1 Å². The SMILES string of the molecule is Nc1cc[nH+]cc1N.O=C([O-])CC(=O)O. The van der Waals surface area contributed by atoms with E-state index in [9.17, 15) is 14.7 Å². The van der Waals surface area contributed by atoms with Gasteiger partial charge in [-0.3, -0.25) is 4.79 Å². The number of carboxylic acids is 2. The van der Waals surface area contributed by atoms with Crippen LogP contribution in [0.25, 0.3) is 0 Å². The van der Waals surface area contributed by atoms with Gasteiger partial charge in [-0.15, -0.1) is 0 Å². The Bertz CT molecular complexity index is 320. The van der Waals surface area contributed by atoms with Crippen LogP contribution in [0, 0.1) is 0 Å². The van der Waals surface area contributed by atoms with Crippen LogP contribution >= 0.6 is 0 Å². The molecule has 0 saturated carbocycles. The summed E-state index contributed by atoms with van der Waals surface area (Å²) in [6.45, 7) is 0. The van der Waals surface area contributed by atoms with E-state index in [1.54, 1.807) is 18.5 Å². The van der Waals surface area contributed by atoms with Crippen molar-refractivity contribution in [2.24, 2.45) is 0 Å². The van der Waals surface area contributed by atoms with Crippen LogP contribution in [0.1, 0.15) is 6.42 Å². The third-order valence-corrected chi connectivity index (χ3v) is 1.23. The molecule has 0 aliphatic rings. The second-order valence-corrected chi connectivity index (χ2v) is 2.50. The van der Waals surface area contributed by atoms with Crippen molar-refractivity contribution < 1.29 is 24.8 Å². The van der Waals surface area contributed by atoms with Crippen LogP contribution in [0.15, 0.2) is 18.5 Å². The van der Waals surface area contributed by atoms with Gasteiger partial charge >= 0.3 is 5.97 Å². The molecule has 0 amide bonds. The summed E-state index contributed by atoms with van der Waals surface area (Å²) in [4.78, 5) is 21.5. The van der Waals surface area contributed by atoms with Crippen molar-refractivity contribution in [3.05, 3.63) is 18.5 Å². The lowest BCUT2D eigenvalue weighted by atomic mass is 10.4. The van der Waals surface area contributed by atoms with E-state index in [0.29, 0.717) is 11.4 Å². The summed E-state index contributed by atoms with van der Waals surface area (Å²) in [5.74, 6) is -2.94. The number of H-pyrrole nitrogens is 1. The molecule has 7 heteroatoms. The van der Waals surface area contributed by atoms with Crippen LogP contribution in [-0.4, -0.2) is 17.0 Å². The summed E-state index contributed by atoms with van der Waals surface area (Å²) in [6.07, 6.45) is 2.46. The van der Waals surface area contributed by atoms with Crippen molar-refractivity contribution >= 4 is 23.3 Å². The average Bonchev–Trinajstić information content (AvgIpc) is 2.08. The first-order valence-electron chi connectivity index (χ1n) is 3.86. The molecule has 82 valence electrons. The van der Waals surface area contributed by atoms with Crippen molar-refractivity contribution in [2.45, 2.75) is 6.42 Å². The van der Waals surface area contributed by atoms with E-state index in [2.05, 4.69) is 4.98 Å². The summed E-state index contributed by atoms with van der Waals surface area (Å²) >= 11 is 0. The second kappa shape index (κ2) is 6.19. The van der Waals surface area contributed by atoms with Crippen molar-refractivity contribution in [3.63, 3.8) is 0 Å². The predicted molar refractivity (Wildman–Crippen MR) is 49.1 cm³/mol. The molecule has 0 radical (unpaired) electrons. The second-order valence-electron chi connectivity index (χ2n) is 2.50. The van der Waals surface area contributed by atoms with E-state index >= 15 is 0 Å². The van der Waals surface area contributed by atoms with Crippen LogP contribution < -0.4 is 21.6 Å². The number of nitrogens with two attached hydrogens (primary N) is 2. The molecule has 1 aromatic heterocycles. The number of hydrogen-bond donors (Lipinski definition) is 3. The summed E-state index contributed by atoms with van der Waals surface area (Å²) < 4.78 is 0. The topological polar surface area (TPSA) is 144 Å². The van der Waals surface area contributed by atoms with Crippen molar-refractivity contribution in [1.82, 2.24) is 0 Å². The minimum absolute atomic E-state index is 0.590. The lowest BCUT2D eigenvalue weighted by molar-refractivity contribution is -0.376. The Labute approximate surface area is 85.3 Å². The number of pyridine rings is 1. The molecular formula is C8H11N3O4. The van der Waals surface area contributed by atoms with Gasteiger partial charge in [-0.2, -0.15) is 0 Å². The number of aliphatic carboxylic acids is 2. The van der Waals surface area contributed by atoms with Gasteiger partial charge in [-0.1, -0.05) is 0 Å². The molecule has 0 unspecified atom stereocenters. The number of carbonyl (C=O) groups is 2. The predicted octanol–water partition coefficient (Wildman–Crippen LogP) is -2.12. The molecule has 1 aromatic rings. The Morgan fingerprint density at radius 1 is 1.40 bits per heavy atom. The molecule has 15 heavy (non-hydrogen) atoms. The van der Waals surface area contributed by atoms with E-state index in [-0.39, 0.29) is 0 Å². The van der Waals surface area contributed by atoms with Crippen LogP contribution in [0.5, 0.6) is 0 Å². The van der Waals surface area contributed by atoms with Gasteiger partial charge in [0.2, 0.25) is 0 Å². The maximum atomic E-state index is 9.39. The summed E-state index contributed by atoms with van der Waals surface area (Å²) in [7, 11) is 0. The van der Waals surface area contributed by atoms with Crippen LogP contribution in [0.4, 0.5) is 11.4 Å². The van der Waals surface area contributed by atoms with Crippen LogP contribution in [0.2, 0.25) is 0 Å². The van der Waals surface area contributed by atoms with Crippen LogP contribution in [-0.2, 0) is 9.59 Å². The molecule has 0 aromatic carbocycles. The minimum Gasteiger partial charge on any atom is -0.550 e. The van der Waals surface area contributed by atoms with Gasteiger partial charge in [-0.05, 0) is 0 Å². The Morgan fingerprint density at radius 2 is 2.00 bits per heavy atom. The number of carboxylic acid groups (broad SMARTS) is 2. The van der Waals surface area contributed by atoms with Crippen molar-refractivity contribution in [3.8, 4) is 0 Å². The molecule has 0 bridgehead atoms. The molecule has 0 spiro atoms. The summed E-state index contributed by atoms with van der Waals surface area (Å²) in [5.41, 5.74) is 11.9. The highest BCUT2D eigenvalue weighted by Gasteiger charge is 1.92. The Hall–Kier alpha value is -2.31. The molecule has 0 atom stereocenters. The Kier molecular flexibility index (Phi) is 5.24. The zero-order chi connectivity index (χ0) is 11.8.